The molecule has 0 unspecified atom stereocenters. The minimum Gasteiger partial charge on any atom is -0.323 e. The van der Waals surface area contributed by atoms with Crippen LogP contribution in [0.15, 0.2) is 17.2 Å². The molecule has 2 nitrogen and oxygen atoms in total. The summed E-state index contributed by atoms with van der Waals surface area (Å²) in [7, 11) is 0. The second-order valence-electron chi connectivity index (χ2n) is 2.06. The molecule has 12 heavy (non-hydrogen) atoms. The first-order valence-corrected chi connectivity index (χ1v) is 3.03. The zero-order valence-electron chi connectivity index (χ0n) is 5.89. The van der Waals surface area contributed by atoms with Gasteiger partial charge in [-0.1, -0.05) is 0 Å². The van der Waals surface area contributed by atoms with Crippen molar-refractivity contribution in [1.82, 2.24) is 0 Å². The van der Waals surface area contributed by atoms with E-state index in [-0.39, 0.29) is 0 Å². The van der Waals surface area contributed by atoms with E-state index in [4.69, 9.17) is 0 Å². The zero-order chi connectivity index (χ0) is 9.14. The number of hydrogen-bond acceptors (Lipinski definition) is 2. The van der Waals surface area contributed by atoms with Crippen LogP contribution in [0.25, 0.3) is 0 Å². The molecule has 5 heteroatoms. The van der Waals surface area contributed by atoms with E-state index in [1.807, 2.05) is 0 Å². The summed E-state index contributed by atoms with van der Waals surface area (Å²) in [5, 5.41) is 2.93. The summed E-state index contributed by atoms with van der Waals surface area (Å²) < 4.78 is 37.6. The molecule has 0 atom stereocenters. The Morgan fingerprint density at radius 3 is 2.08 bits per heavy atom. The van der Waals surface area contributed by atoms with E-state index in [1.165, 1.54) is 0 Å². The van der Waals surface area contributed by atoms with Crippen molar-refractivity contribution in [3.05, 3.63) is 35.1 Å². The van der Waals surface area contributed by atoms with Crippen molar-refractivity contribution < 1.29 is 13.2 Å². The topological polar surface area (TPSA) is 38.4 Å². The molecule has 0 heterocycles. The Balaban J connectivity index is 3.28. The average molecular weight is 174 g/mol. The predicted molar refractivity (Wildman–Crippen MR) is 38.1 cm³/mol. The first kappa shape index (κ1) is 8.58. The van der Waals surface area contributed by atoms with E-state index in [0.717, 1.165) is 6.21 Å². The second kappa shape index (κ2) is 3.25. The number of rotatable bonds is 1. The first-order chi connectivity index (χ1) is 5.65. The van der Waals surface area contributed by atoms with Crippen LogP contribution in [0, 0.1) is 17.5 Å². The van der Waals surface area contributed by atoms with Gasteiger partial charge in [-0.2, -0.15) is 5.10 Å². The lowest BCUT2D eigenvalue weighted by Crippen LogP contribution is -1.97. The Morgan fingerprint density at radius 2 is 1.67 bits per heavy atom. The molecule has 2 N–H and O–H groups in total. The van der Waals surface area contributed by atoms with Crippen LogP contribution in [0.2, 0.25) is 0 Å². The smallest absolute Gasteiger partial charge is 0.137 e. The van der Waals surface area contributed by atoms with Gasteiger partial charge in [-0.25, -0.2) is 13.2 Å². The molecule has 0 amide bonds. The van der Waals surface area contributed by atoms with Gasteiger partial charge in [0, 0.05) is 12.1 Å². The molecule has 0 aliphatic heterocycles. The fourth-order valence-corrected chi connectivity index (χ4v) is 0.751. The summed E-state index contributed by atoms with van der Waals surface area (Å²) in [4.78, 5) is 0. The Morgan fingerprint density at radius 1 is 1.17 bits per heavy atom. The largest absolute Gasteiger partial charge is 0.323 e. The summed E-state index contributed by atoms with van der Waals surface area (Å²) in [5.74, 6) is 1.65. The standard InChI is InChI=1S/C7H5F3N2/c8-4-1-6(9)5(3-12-11)7(10)2-4/h1-3H,11H2/b12-3+. The molecule has 64 valence electrons. The second-order valence-corrected chi connectivity index (χ2v) is 2.06. The van der Waals surface area contributed by atoms with Crippen LogP contribution in [0.4, 0.5) is 13.2 Å². The van der Waals surface area contributed by atoms with Crippen LogP contribution in [0.1, 0.15) is 5.56 Å². The van der Waals surface area contributed by atoms with Crippen LogP contribution >= 0.6 is 0 Å². The van der Waals surface area contributed by atoms with E-state index < -0.39 is 23.0 Å². The van der Waals surface area contributed by atoms with Crippen molar-refractivity contribution in [1.29, 1.82) is 0 Å². The maximum absolute atomic E-state index is 12.7. The molecular weight excluding hydrogens is 169 g/mol. The number of hydrogen-bond donors (Lipinski definition) is 1. The fourth-order valence-electron chi connectivity index (χ4n) is 0.751. The molecule has 1 aromatic rings. The highest BCUT2D eigenvalue weighted by molar-refractivity contribution is 5.79. The third-order valence-corrected chi connectivity index (χ3v) is 1.25. The molecular formula is C7H5F3N2. The van der Waals surface area contributed by atoms with Crippen molar-refractivity contribution in [3.8, 4) is 0 Å². The summed E-state index contributed by atoms with van der Waals surface area (Å²) in [5.41, 5.74) is -0.445. The maximum Gasteiger partial charge on any atom is 0.137 e. The number of nitrogens with two attached hydrogens (primary N) is 1. The average Bonchev–Trinajstić information content (AvgIpc) is 1.96. The highest BCUT2D eigenvalue weighted by atomic mass is 19.1. The highest BCUT2D eigenvalue weighted by Gasteiger charge is 2.08. The Bertz CT molecular complexity index is 299. The summed E-state index contributed by atoms with van der Waals surface area (Å²) in [6.07, 6.45) is 0.782. The van der Waals surface area contributed by atoms with E-state index in [1.54, 1.807) is 0 Å². The lowest BCUT2D eigenvalue weighted by molar-refractivity contribution is 0.541. The number of benzene rings is 1. The van der Waals surface area contributed by atoms with Crippen molar-refractivity contribution >= 4 is 6.21 Å². The minimum atomic E-state index is -1.03. The number of nitrogens with zero attached hydrogens (tertiary/aromatic N) is 1. The molecule has 0 aliphatic carbocycles. The third kappa shape index (κ3) is 1.55. The summed E-state index contributed by atoms with van der Waals surface area (Å²) >= 11 is 0. The van der Waals surface area contributed by atoms with Gasteiger partial charge in [0.2, 0.25) is 0 Å². The molecule has 0 aliphatic rings. The molecule has 0 bridgehead atoms. The SMILES string of the molecule is N/N=C/c1c(F)cc(F)cc1F. The van der Waals surface area contributed by atoms with E-state index in [2.05, 4.69) is 10.9 Å². The predicted octanol–water partition coefficient (Wildman–Crippen LogP) is 1.40. The molecule has 0 radical (unpaired) electrons. The van der Waals surface area contributed by atoms with E-state index in [0.29, 0.717) is 12.1 Å². The molecule has 0 saturated heterocycles. The van der Waals surface area contributed by atoms with Gasteiger partial charge >= 0.3 is 0 Å². The highest BCUT2D eigenvalue weighted by Crippen LogP contribution is 2.12. The van der Waals surface area contributed by atoms with Gasteiger partial charge in [0.25, 0.3) is 0 Å². The van der Waals surface area contributed by atoms with Crippen molar-refractivity contribution in [2.75, 3.05) is 0 Å². The Labute approximate surface area is 66.5 Å². The van der Waals surface area contributed by atoms with Crippen LogP contribution < -0.4 is 5.84 Å². The van der Waals surface area contributed by atoms with Crippen molar-refractivity contribution in [2.45, 2.75) is 0 Å². The van der Waals surface area contributed by atoms with Crippen LogP contribution in [0.3, 0.4) is 0 Å². The Kier molecular flexibility index (Phi) is 2.32. The van der Waals surface area contributed by atoms with Gasteiger partial charge < -0.3 is 5.84 Å². The molecule has 0 saturated carbocycles. The van der Waals surface area contributed by atoms with Crippen LogP contribution in [-0.2, 0) is 0 Å². The van der Waals surface area contributed by atoms with Gasteiger partial charge in [0.1, 0.15) is 17.5 Å². The molecule has 1 rings (SSSR count). The zero-order valence-corrected chi connectivity index (χ0v) is 5.89. The minimum absolute atomic E-state index is 0.445. The van der Waals surface area contributed by atoms with Crippen molar-refractivity contribution in [2.24, 2.45) is 10.9 Å². The lowest BCUT2D eigenvalue weighted by Gasteiger charge is -1.97. The van der Waals surface area contributed by atoms with Gasteiger partial charge in [0.05, 0.1) is 11.8 Å². The molecule has 0 fully saturated rings. The number of hydrazone groups is 1. The Hall–Kier alpha value is -1.52. The lowest BCUT2D eigenvalue weighted by atomic mass is 10.2. The maximum atomic E-state index is 12.7. The monoisotopic (exact) mass is 174 g/mol. The summed E-state index contributed by atoms with van der Waals surface area (Å²) in [6.45, 7) is 0. The fraction of sp³-hybridized carbons (Fsp3) is 0. The quantitative estimate of drug-likeness (QED) is 0.390. The van der Waals surface area contributed by atoms with Gasteiger partial charge in [-0.15, -0.1) is 0 Å². The molecule has 0 spiro atoms. The van der Waals surface area contributed by atoms with E-state index in [9.17, 15) is 13.2 Å². The summed E-state index contributed by atoms with van der Waals surface area (Å²) in [6, 6.07) is 1.11. The number of halogens is 3. The van der Waals surface area contributed by atoms with Gasteiger partial charge in [-0.3, -0.25) is 0 Å². The van der Waals surface area contributed by atoms with Crippen LogP contribution in [0.5, 0.6) is 0 Å². The van der Waals surface area contributed by atoms with Gasteiger partial charge in [-0.05, 0) is 0 Å². The third-order valence-electron chi connectivity index (χ3n) is 1.25. The van der Waals surface area contributed by atoms with E-state index >= 15 is 0 Å². The first-order valence-electron chi connectivity index (χ1n) is 3.03. The normalized spacial score (nSPS) is 10.9. The van der Waals surface area contributed by atoms with Crippen LogP contribution in [-0.4, -0.2) is 6.21 Å². The molecule has 0 aromatic heterocycles. The van der Waals surface area contributed by atoms with Crippen molar-refractivity contribution in [3.63, 3.8) is 0 Å². The molecule has 1 aromatic carbocycles. The van der Waals surface area contributed by atoms with Gasteiger partial charge in [0.15, 0.2) is 0 Å².